The van der Waals surface area contributed by atoms with Crippen LogP contribution < -0.4 is 10.4 Å². The zero-order valence-corrected chi connectivity index (χ0v) is 11.0. The summed E-state index contributed by atoms with van der Waals surface area (Å²) >= 11 is 0. The van der Waals surface area contributed by atoms with Crippen molar-refractivity contribution in [2.45, 2.75) is 19.8 Å². The predicted octanol–water partition coefficient (Wildman–Crippen LogP) is 3.32. The zero-order valence-electron chi connectivity index (χ0n) is 11.0. The topological polar surface area (TPSA) is 59.7 Å². The van der Waals surface area contributed by atoms with Crippen LogP contribution in [0.1, 0.15) is 25.5 Å². The summed E-state index contributed by atoms with van der Waals surface area (Å²) in [5.41, 5.74) is -0.565. The third-order valence-corrected chi connectivity index (χ3v) is 2.84. The molecule has 1 aromatic carbocycles. The Balaban J connectivity index is 2.64. The van der Waals surface area contributed by atoms with Gasteiger partial charge in [0.2, 0.25) is 0 Å². The molecule has 4 heteroatoms. The van der Waals surface area contributed by atoms with Crippen LogP contribution in [-0.2, 0) is 0 Å². The minimum atomic E-state index is -0.565. The highest BCUT2D eigenvalue weighted by atomic mass is 16.5. The Hall–Kier alpha value is -2.23. The van der Waals surface area contributed by atoms with Crippen LogP contribution in [0.25, 0.3) is 16.8 Å². The quantitative estimate of drug-likeness (QED) is 0.916. The molecule has 0 aliphatic heterocycles. The molecule has 0 spiro atoms. The van der Waals surface area contributed by atoms with Crippen molar-refractivity contribution < 1.29 is 14.3 Å². The van der Waals surface area contributed by atoms with Crippen molar-refractivity contribution in [1.29, 1.82) is 0 Å². The Bertz CT molecular complexity index is 668. The van der Waals surface area contributed by atoms with Gasteiger partial charge in [0.25, 0.3) is 0 Å². The Morgan fingerprint density at radius 2 is 2.21 bits per heavy atom. The molecule has 0 amide bonds. The fraction of sp³-hybridized carbons (Fsp3) is 0.267. The van der Waals surface area contributed by atoms with E-state index < -0.39 is 5.63 Å². The SMILES string of the molecule is CCCC=Cc1cc2c(OC)ccc(O)c2c(=O)o1. The summed E-state index contributed by atoms with van der Waals surface area (Å²) in [6, 6.07) is 4.74. The zero-order chi connectivity index (χ0) is 13.8. The number of aromatic hydroxyl groups is 1. The summed E-state index contributed by atoms with van der Waals surface area (Å²) in [4.78, 5) is 11.9. The van der Waals surface area contributed by atoms with Crippen LogP contribution in [0.15, 0.2) is 33.5 Å². The van der Waals surface area contributed by atoms with Crippen molar-refractivity contribution in [2.75, 3.05) is 7.11 Å². The van der Waals surface area contributed by atoms with Gasteiger partial charge in [0, 0.05) is 5.39 Å². The third-order valence-electron chi connectivity index (χ3n) is 2.84. The highest BCUT2D eigenvalue weighted by Gasteiger charge is 2.12. The molecule has 0 fully saturated rings. The average molecular weight is 260 g/mol. The first-order chi connectivity index (χ1) is 9.17. The highest BCUT2D eigenvalue weighted by molar-refractivity contribution is 5.92. The van der Waals surface area contributed by atoms with E-state index in [2.05, 4.69) is 6.92 Å². The van der Waals surface area contributed by atoms with Gasteiger partial charge in [0.1, 0.15) is 22.6 Å². The minimum Gasteiger partial charge on any atom is -0.507 e. The first-order valence-electron chi connectivity index (χ1n) is 6.17. The number of hydrogen-bond donors (Lipinski definition) is 1. The average Bonchev–Trinajstić information content (AvgIpc) is 2.39. The first-order valence-corrected chi connectivity index (χ1v) is 6.17. The molecule has 0 unspecified atom stereocenters. The fourth-order valence-electron chi connectivity index (χ4n) is 1.90. The van der Waals surface area contributed by atoms with Gasteiger partial charge in [-0.1, -0.05) is 19.4 Å². The van der Waals surface area contributed by atoms with Crippen LogP contribution in [0.3, 0.4) is 0 Å². The van der Waals surface area contributed by atoms with Crippen LogP contribution in [-0.4, -0.2) is 12.2 Å². The van der Waals surface area contributed by atoms with E-state index in [0.717, 1.165) is 12.8 Å². The van der Waals surface area contributed by atoms with Crippen molar-refractivity contribution in [2.24, 2.45) is 0 Å². The number of allylic oxidation sites excluding steroid dienone is 1. The Kier molecular flexibility index (Phi) is 3.90. The molecule has 1 N–H and O–H groups in total. The summed E-state index contributed by atoms with van der Waals surface area (Å²) in [6.45, 7) is 2.07. The van der Waals surface area contributed by atoms with E-state index in [4.69, 9.17) is 9.15 Å². The number of ether oxygens (including phenoxy) is 1. The lowest BCUT2D eigenvalue weighted by Crippen LogP contribution is -2.01. The molecule has 0 saturated heterocycles. The molecule has 2 rings (SSSR count). The molecular formula is C15H16O4. The van der Waals surface area contributed by atoms with Gasteiger partial charge in [0.15, 0.2) is 0 Å². The van der Waals surface area contributed by atoms with E-state index in [1.165, 1.54) is 13.2 Å². The number of fused-ring (bicyclic) bond motifs is 1. The molecule has 0 radical (unpaired) electrons. The maximum atomic E-state index is 11.9. The lowest BCUT2D eigenvalue weighted by molar-refractivity contribution is 0.417. The minimum absolute atomic E-state index is 0.103. The highest BCUT2D eigenvalue weighted by Crippen LogP contribution is 2.30. The van der Waals surface area contributed by atoms with Crippen LogP contribution in [0.5, 0.6) is 11.5 Å². The third kappa shape index (κ3) is 2.62. The van der Waals surface area contributed by atoms with Crippen LogP contribution in [0, 0.1) is 0 Å². The first kappa shape index (κ1) is 13.2. The number of rotatable bonds is 4. The van der Waals surface area contributed by atoms with Gasteiger partial charge >= 0.3 is 5.63 Å². The number of phenols is 1. The van der Waals surface area contributed by atoms with Gasteiger partial charge < -0.3 is 14.3 Å². The molecule has 4 nitrogen and oxygen atoms in total. The van der Waals surface area contributed by atoms with Gasteiger partial charge in [0.05, 0.1) is 7.11 Å². The standard InChI is InChI=1S/C15H16O4/c1-3-4-5-6-10-9-11-13(18-2)8-7-12(16)14(11)15(17)19-10/h5-9,16H,3-4H2,1-2H3. The van der Waals surface area contributed by atoms with Gasteiger partial charge in [-0.3, -0.25) is 0 Å². The molecule has 0 aliphatic rings. The van der Waals surface area contributed by atoms with Gasteiger partial charge in [-0.05, 0) is 30.7 Å². The summed E-state index contributed by atoms with van der Waals surface area (Å²) in [5.74, 6) is 0.884. The monoisotopic (exact) mass is 260 g/mol. The number of phenolic OH excluding ortho intramolecular Hbond substituents is 1. The summed E-state index contributed by atoms with van der Waals surface area (Å²) in [6.07, 6.45) is 5.64. The maximum absolute atomic E-state index is 11.9. The Morgan fingerprint density at radius 1 is 1.42 bits per heavy atom. The number of methoxy groups -OCH3 is 1. The molecule has 1 heterocycles. The fourth-order valence-corrected chi connectivity index (χ4v) is 1.90. The van der Waals surface area contributed by atoms with Crippen molar-refractivity contribution in [3.63, 3.8) is 0 Å². The molecule has 100 valence electrons. The van der Waals surface area contributed by atoms with Crippen LogP contribution >= 0.6 is 0 Å². The molecule has 0 bridgehead atoms. The molecule has 19 heavy (non-hydrogen) atoms. The molecular weight excluding hydrogens is 244 g/mol. The molecule has 2 aromatic rings. The van der Waals surface area contributed by atoms with Crippen LogP contribution in [0.4, 0.5) is 0 Å². The number of unbranched alkanes of at least 4 members (excludes halogenated alkanes) is 1. The largest absolute Gasteiger partial charge is 0.507 e. The second-order valence-electron chi connectivity index (χ2n) is 4.20. The molecule has 0 saturated carbocycles. The van der Waals surface area contributed by atoms with E-state index in [1.807, 2.05) is 6.08 Å². The lowest BCUT2D eigenvalue weighted by Gasteiger charge is -2.06. The van der Waals surface area contributed by atoms with Crippen molar-refractivity contribution in [3.05, 3.63) is 40.5 Å². The lowest BCUT2D eigenvalue weighted by atomic mass is 10.1. The summed E-state index contributed by atoms with van der Waals surface area (Å²) in [5, 5.41) is 10.4. The van der Waals surface area contributed by atoms with Crippen molar-refractivity contribution in [3.8, 4) is 11.5 Å². The van der Waals surface area contributed by atoms with E-state index in [-0.39, 0.29) is 11.1 Å². The smallest absolute Gasteiger partial charge is 0.348 e. The molecule has 1 aromatic heterocycles. The van der Waals surface area contributed by atoms with E-state index in [1.54, 1.807) is 18.2 Å². The van der Waals surface area contributed by atoms with E-state index in [0.29, 0.717) is 16.9 Å². The predicted molar refractivity (Wildman–Crippen MR) is 74.6 cm³/mol. The Morgan fingerprint density at radius 3 is 2.89 bits per heavy atom. The van der Waals surface area contributed by atoms with Gasteiger partial charge in [-0.25, -0.2) is 4.79 Å². The molecule has 0 aliphatic carbocycles. The van der Waals surface area contributed by atoms with E-state index in [9.17, 15) is 9.90 Å². The Labute approximate surface area is 110 Å². The number of benzene rings is 1. The van der Waals surface area contributed by atoms with Crippen molar-refractivity contribution >= 4 is 16.8 Å². The summed E-state index contributed by atoms with van der Waals surface area (Å²) < 4.78 is 10.4. The van der Waals surface area contributed by atoms with Gasteiger partial charge in [-0.2, -0.15) is 0 Å². The van der Waals surface area contributed by atoms with E-state index >= 15 is 0 Å². The normalized spacial score (nSPS) is 11.3. The second kappa shape index (κ2) is 5.61. The van der Waals surface area contributed by atoms with Crippen LogP contribution in [0.2, 0.25) is 0 Å². The van der Waals surface area contributed by atoms with Crippen molar-refractivity contribution in [1.82, 2.24) is 0 Å². The molecule has 0 atom stereocenters. The summed E-state index contributed by atoms with van der Waals surface area (Å²) in [7, 11) is 1.52. The number of hydrogen-bond acceptors (Lipinski definition) is 4. The maximum Gasteiger partial charge on any atom is 0.348 e. The second-order valence-corrected chi connectivity index (χ2v) is 4.20. The van der Waals surface area contributed by atoms with Gasteiger partial charge in [-0.15, -0.1) is 0 Å².